The Labute approximate surface area is 105 Å². The van der Waals surface area contributed by atoms with Crippen molar-refractivity contribution in [2.75, 3.05) is 5.32 Å². The van der Waals surface area contributed by atoms with Crippen LogP contribution < -0.4 is 5.32 Å². The van der Waals surface area contributed by atoms with E-state index in [-0.39, 0.29) is 0 Å². The maximum atomic E-state index is 4.43. The largest absolute Gasteiger partial charge is 0.355 e. The zero-order valence-electron chi connectivity index (χ0n) is 10.1. The van der Waals surface area contributed by atoms with Crippen LogP contribution in [0.1, 0.15) is 30.6 Å². The number of nitrogens with one attached hydrogen (secondary N) is 1. The van der Waals surface area contributed by atoms with E-state index in [9.17, 15) is 0 Å². The maximum Gasteiger partial charge on any atom is 0.202 e. The van der Waals surface area contributed by atoms with E-state index in [4.69, 9.17) is 0 Å². The Morgan fingerprint density at radius 3 is 2.94 bits per heavy atom. The molecule has 2 rings (SSSR count). The van der Waals surface area contributed by atoms with Crippen LogP contribution in [-0.4, -0.2) is 14.3 Å². The second kappa shape index (κ2) is 5.72. The fourth-order valence-electron chi connectivity index (χ4n) is 1.52. The summed E-state index contributed by atoms with van der Waals surface area (Å²) in [6, 6.07) is 6.02. The summed E-state index contributed by atoms with van der Waals surface area (Å²) in [5, 5.41) is 4.12. The Hall–Kier alpha value is -1.49. The van der Waals surface area contributed by atoms with Crippen molar-refractivity contribution in [2.45, 2.75) is 33.2 Å². The van der Waals surface area contributed by atoms with E-state index in [1.54, 1.807) is 0 Å². The van der Waals surface area contributed by atoms with Crippen LogP contribution >= 0.6 is 11.5 Å². The molecule has 0 saturated heterocycles. The van der Waals surface area contributed by atoms with Gasteiger partial charge in [0.25, 0.3) is 0 Å². The Bertz CT molecular complexity index is 481. The van der Waals surface area contributed by atoms with Crippen LogP contribution in [0.4, 0.5) is 5.13 Å². The first-order valence-electron chi connectivity index (χ1n) is 5.77. The molecule has 0 aliphatic carbocycles. The molecule has 2 heterocycles. The minimum atomic E-state index is 0.697. The van der Waals surface area contributed by atoms with E-state index >= 15 is 0 Å². The van der Waals surface area contributed by atoms with Crippen molar-refractivity contribution >= 4 is 16.7 Å². The normalized spacial score (nSPS) is 10.5. The molecule has 0 atom stereocenters. The lowest BCUT2D eigenvalue weighted by Gasteiger charge is -2.02. The van der Waals surface area contributed by atoms with Gasteiger partial charge < -0.3 is 5.32 Å². The van der Waals surface area contributed by atoms with Crippen LogP contribution in [0, 0.1) is 6.92 Å². The first-order valence-corrected chi connectivity index (χ1v) is 6.54. The van der Waals surface area contributed by atoms with Gasteiger partial charge >= 0.3 is 0 Å². The first-order chi connectivity index (χ1) is 8.28. The minimum absolute atomic E-state index is 0.697. The van der Waals surface area contributed by atoms with Gasteiger partial charge in [0.1, 0.15) is 5.82 Å². The highest BCUT2D eigenvalue weighted by atomic mass is 32.1. The van der Waals surface area contributed by atoms with Gasteiger partial charge in [-0.25, -0.2) is 4.98 Å². The number of hydrogen-bond donors (Lipinski definition) is 1. The van der Waals surface area contributed by atoms with Crippen LogP contribution in [0.25, 0.3) is 0 Å². The summed E-state index contributed by atoms with van der Waals surface area (Å²) in [7, 11) is 0. The molecule has 0 saturated carbocycles. The van der Waals surface area contributed by atoms with E-state index in [1.165, 1.54) is 11.5 Å². The van der Waals surface area contributed by atoms with Crippen molar-refractivity contribution < 1.29 is 0 Å². The predicted molar refractivity (Wildman–Crippen MR) is 70.2 cm³/mol. The van der Waals surface area contributed by atoms with Gasteiger partial charge in [-0.3, -0.25) is 4.98 Å². The lowest BCUT2D eigenvalue weighted by atomic mass is 10.3. The highest BCUT2D eigenvalue weighted by Gasteiger charge is 2.03. The summed E-state index contributed by atoms with van der Waals surface area (Å²) in [4.78, 5) is 8.83. The Morgan fingerprint density at radius 2 is 2.18 bits per heavy atom. The highest BCUT2D eigenvalue weighted by Crippen LogP contribution is 2.13. The standard InChI is InChI=1S/C12H16N4S/c1-3-5-11-15-12(17-16-11)13-8-10-7-4-6-9(2)14-10/h4,6-7H,3,5,8H2,1-2H3,(H,13,15,16). The van der Waals surface area contributed by atoms with Gasteiger partial charge in [0.15, 0.2) is 0 Å². The van der Waals surface area contributed by atoms with Crippen molar-refractivity contribution in [2.24, 2.45) is 0 Å². The van der Waals surface area contributed by atoms with Gasteiger partial charge in [0, 0.05) is 23.6 Å². The molecule has 0 radical (unpaired) electrons. The van der Waals surface area contributed by atoms with Crippen molar-refractivity contribution in [1.82, 2.24) is 14.3 Å². The lowest BCUT2D eigenvalue weighted by molar-refractivity contribution is 0.860. The molecule has 0 aromatic carbocycles. The SMILES string of the molecule is CCCc1nsc(NCc2cccc(C)n2)n1. The van der Waals surface area contributed by atoms with E-state index in [0.29, 0.717) is 6.54 Å². The summed E-state index contributed by atoms with van der Waals surface area (Å²) in [5.41, 5.74) is 2.06. The highest BCUT2D eigenvalue weighted by molar-refractivity contribution is 7.09. The van der Waals surface area contributed by atoms with Crippen molar-refractivity contribution in [3.05, 3.63) is 35.4 Å². The number of nitrogens with zero attached hydrogens (tertiary/aromatic N) is 3. The number of aryl methyl sites for hydroxylation is 2. The molecule has 0 spiro atoms. The number of pyridine rings is 1. The number of aromatic nitrogens is 3. The van der Waals surface area contributed by atoms with Gasteiger partial charge in [-0.05, 0) is 25.5 Å². The third-order valence-corrected chi connectivity index (χ3v) is 3.02. The van der Waals surface area contributed by atoms with Crippen LogP contribution in [0.5, 0.6) is 0 Å². The molecular formula is C12H16N4S. The van der Waals surface area contributed by atoms with Gasteiger partial charge in [0.05, 0.1) is 12.2 Å². The second-order valence-electron chi connectivity index (χ2n) is 3.89. The molecule has 0 amide bonds. The maximum absolute atomic E-state index is 4.43. The number of rotatable bonds is 5. The summed E-state index contributed by atoms with van der Waals surface area (Å²) in [6.45, 7) is 4.82. The molecule has 2 aromatic heterocycles. The molecule has 0 fully saturated rings. The van der Waals surface area contributed by atoms with Gasteiger partial charge in [-0.15, -0.1) is 0 Å². The molecule has 0 aliphatic rings. The average molecular weight is 248 g/mol. The zero-order valence-corrected chi connectivity index (χ0v) is 10.9. The zero-order chi connectivity index (χ0) is 12.1. The van der Waals surface area contributed by atoms with E-state index < -0.39 is 0 Å². The first kappa shape index (κ1) is 12.0. The Balaban J connectivity index is 1.93. The molecule has 0 unspecified atom stereocenters. The quantitative estimate of drug-likeness (QED) is 0.884. The average Bonchev–Trinajstić information content (AvgIpc) is 2.75. The summed E-state index contributed by atoms with van der Waals surface area (Å²) in [5.74, 6) is 0.928. The van der Waals surface area contributed by atoms with Crippen molar-refractivity contribution in [1.29, 1.82) is 0 Å². The van der Waals surface area contributed by atoms with E-state index in [2.05, 4.69) is 26.6 Å². The van der Waals surface area contributed by atoms with Crippen molar-refractivity contribution in [3.63, 3.8) is 0 Å². The monoisotopic (exact) mass is 248 g/mol. The second-order valence-corrected chi connectivity index (χ2v) is 4.64. The van der Waals surface area contributed by atoms with Gasteiger partial charge in [0.2, 0.25) is 5.13 Å². The molecule has 17 heavy (non-hydrogen) atoms. The van der Waals surface area contributed by atoms with Crippen LogP contribution in [-0.2, 0) is 13.0 Å². The van der Waals surface area contributed by atoms with Crippen LogP contribution in [0.2, 0.25) is 0 Å². The molecule has 0 bridgehead atoms. The van der Waals surface area contributed by atoms with Crippen LogP contribution in [0.15, 0.2) is 18.2 Å². The topological polar surface area (TPSA) is 50.7 Å². The summed E-state index contributed by atoms with van der Waals surface area (Å²) in [6.07, 6.45) is 2.02. The third kappa shape index (κ3) is 3.49. The summed E-state index contributed by atoms with van der Waals surface area (Å²) >= 11 is 1.41. The van der Waals surface area contributed by atoms with Gasteiger partial charge in [-0.2, -0.15) is 4.37 Å². The van der Waals surface area contributed by atoms with Crippen molar-refractivity contribution in [3.8, 4) is 0 Å². The minimum Gasteiger partial charge on any atom is -0.355 e. The molecule has 1 N–H and O–H groups in total. The van der Waals surface area contributed by atoms with E-state index in [0.717, 1.165) is 35.2 Å². The van der Waals surface area contributed by atoms with E-state index in [1.807, 2.05) is 25.1 Å². The van der Waals surface area contributed by atoms with Crippen LogP contribution in [0.3, 0.4) is 0 Å². The molecule has 4 nitrogen and oxygen atoms in total. The predicted octanol–water partition coefficient (Wildman–Crippen LogP) is 2.81. The number of hydrogen-bond acceptors (Lipinski definition) is 5. The third-order valence-electron chi connectivity index (χ3n) is 2.31. The van der Waals surface area contributed by atoms with Gasteiger partial charge in [-0.1, -0.05) is 13.0 Å². The number of anilines is 1. The molecular weight excluding hydrogens is 232 g/mol. The molecule has 2 aromatic rings. The fraction of sp³-hybridized carbons (Fsp3) is 0.417. The lowest BCUT2D eigenvalue weighted by Crippen LogP contribution is -2.02. The fourth-order valence-corrected chi connectivity index (χ4v) is 2.12. The molecule has 0 aliphatic heterocycles. The molecule has 5 heteroatoms. The Kier molecular flexibility index (Phi) is 4.03. The molecule has 90 valence electrons. The Morgan fingerprint density at radius 1 is 1.29 bits per heavy atom. The summed E-state index contributed by atoms with van der Waals surface area (Å²) < 4.78 is 4.28. The smallest absolute Gasteiger partial charge is 0.202 e.